The van der Waals surface area contributed by atoms with E-state index in [-0.39, 0.29) is 0 Å². The van der Waals surface area contributed by atoms with Crippen molar-refractivity contribution in [3.63, 3.8) is 0 Å². The van der Waals surface area contributed by atoms with E-state index in [2.05, 4.69) is 25.9 Å². The van der Waals surface area contributed by atoms with Gasteiger partial charge in [-0.05, 0) is 29.8 Å². The Hall–Kier alpha value is -2.66. The first-order chi connectivity index (χ1) is 11.8. The van der Waals surface area contributed by atoms with Crippen LogP contribution in [-0.4, -0.2) is 14.7 Å². The summed E-state index contributed by atoms with van der Waals surface area (Å²) >= 11 is 3.45. The lowest BCUT2D eigenvalue weighted by atomic mass is 10.2. The van der Waals surface area contributed by atoms with E-state index in [0.717, 1.165) is 26.9 Å². The molecule has 0 unspecified atom stereocenters. The van der Waals surface area contributed by atoms with Gasteiger partial charge in [0.25, 0.3) is 0 Å². The van der Waals surface area contributed by atoms with Crippen molar-refractivity contribution in [1.82, 2.24) is 14.7 Å². The Labute approximate surface area is 147 Å². The van der Waals surface area contributed by atoms with Gasteiger partial charge in [-0.15, -0.1) is 0 Å². The molecule has 24 heavy (non-hydrogen) atoms. The van der Waals surface area contributed by atoms with Crippen molar-refractivity contribution in [3.8, 4) is 11.4 Å². The highest BCUT2D eigenvalue weighted by molar-refractivity contribution is 9.10. The first kappa shape index (κ1) is 14.9. The molecule has 0 saturated heterocycles. The first-order valence-electron chi connectivity index (χ1n) is 7.58. The number of halogens is 1. The summed E-state index contributed by atoms with van der Waals surface area (Å²) in [7, 11) is 0. The van der Waals surface area contributed by atoms with Gasteiger partial charge in [-0.2, -0.15) is 4.73 Å². The third-order valence-electron chi connectivity index (χ3n) is 3.69. The third kappa shape index (κ3) is 2.90. The fourth-order valence-corrected chi connectivity index (χ4v) is 2.78. The van der Waals surface area contributed by atoms with Gasteiger partial charge < -0.3 is 4.84 Å². The van der Waals surface area contributed by atoms with Gasteiger partial charge in [0, 0.05) is 16.2 Å². The van der Waals surface area contributed by atoms with E-state index in [1.807, 2.05) is 66.7 Å². The van der Waals surface area contributed by atoms with Crippen LogP contribution in [-0.2, 0) is 6.61 Å². The standard InChI is InChI=1S/C19H14BrN3O/c20-16-10-8-14(9-11-16)13-24-23-17-7-4-12-21-18(17)22-19(23)15-5-2-1-3-6-15/h1-12H,13H2. The van der Waals surface area contributed by atoms with Crippen LogP contribution in [0.5, 0.6) is 0 Å². The van der Waals surface area contributed by atoms with Crippen molar-refractivity contribution in [2.24, 2.45) is 0 Å². The summed E-state index contributed by atoms with van der Waals surface area (Å²) < 4.78 is 2.81. The van der Waals surface area contributed by atoms with Gasteiger partial charge in [0.2, 0.25) is 0 Å². The zero-order chi connectivity index (χ0) is 16.4. The van der Waals surface area contributed by atoms with Crippen LogP contribution in [0.15, 0.2) is 77.4 Å². The van der Waals surface area contributed by atoms with E-state index in [0.29, 0.717) is 12.3 Å². The minimum absolute atomic E-state index is 0.452. The first-order valence-corrected chi connectivity index (χ1v) is 8.37. The van der Waals surface area contributed by atoms with E-state index >= 15 is 0 Å². The molecule has 2 aromatic carbocycles. The molecule has 0 aliphatic heterocycles. The molecule has 0 fully saturated rings. The minimum Gasteiger partial charge on any atom is -0.407 e. The number of benzene rings is 2. The van der Waals surface area contributed by atoms with E-state index in [9.17, 15) is 0 Å². The van der Waals surface area contributed by atoms with Gasteiger partial charge in [0.15, 0.2) is 11.5 Å². The molecule has 4 aromatic rings. The monoisotopic (exact) mass is 379 g/mol. The second-order valence-electron chi connectivity index (χ2n) is 5.34. The molecule has 0 saturated carbocycles. The van der Waals surface area contributed by atoms with Gasteiger partial charge in [-0.3, -0.25) is 0 Å². The van der Waals surface area contributed by atoms with Gasteiger partial charge in [0.05, 0.1) is 0 Å². The van der Waals surface area contributed by atoms with Crippen LogP contribution in [0.25, 0.3) is 22.6 Å². The number of rotatable bonds is 4. The second-order valence-corrected chi connectivity index (χ2v) is 6.26. The lowest BCUT2D eigenvalue weighted by Gasteiger charge is -2.11. The lowest BCUT2D eigenvalue weighted by molar-refractivity contribution is 0.110. The molecule has 2 aromatic heterocycles. The summed E-state index contributed by atoms with van der Waals surface area (Å²) in [5, 5.41) is 0. The molecule has 0 amide bonds. The van der Waals surface area contributed by atoms with Crippen molar-refractivity contribution in [2.75, 3.05) is 0 Å². The quantitative estimate of drug-likeness (QED) is 0.524. The van der Waals surface area contributed by atoms with Crippen LogP contribution >= 0.6 is 15.9 Å². The summed E-state index contributed by atoms with van der Waals surface area (Å²) in [6.07, 6.45) is 1.74. The normalized spacial score (nSPS) is 10.9. The highest BCUT2D eigenvalue weighted by atomic mass is 79.9. The molecule has 2 heterocycles. The van der Waals surface area contributed by atoms with Gasteiger partial charge in [-0.25, -0.2) is 9.97 Å². The molecule has 0 spiro atoms. The number of pyridine rings is 1. The van der Waals surface area contributed by atoms with Crippen LogP contribution in [0.2, 0.25) is 0 Å². The van der Waals surface area contributed by atoms with Crippen LogP contribution in [0, 0.1) is 0 Å². The second kappa shape index (κ2) is 6.45. The summed E-state index contributed by atoms with van der Waals surface area (Å²) in [6, 6.07) is 21.9. The number of imidazole rings is 1. The molecule has 4 rings (SSSR count). The Bertz CT molecular complexity index is 965. The van der Waals surface area contributed by atoms with Crippen LogP contribution < -0.4 is 4.84 Å². The molecule has 5 heteroatoms. The van der Waals surface area contributed by atoms with Crippen molar-refractivity contribution in [1.29, 1.82) is 0 Å². The summed E-state index contributed by atoms with van der Waals surface area (Å²) in [5.74, 6) is 0.751. The molecule has 0 N–H and O–H groups in total. The summed E-state index contributed by atoms with van der Waals surface area (Å²) in [4.78, 5) is 15.0. The SMILES string of the molecule is Brc1ccc(COn2c(-c3ccccc3)nc3ncccc32)cc1. The fraction of sp³-hybridized carbons (Fsp3) is 0.0526. The molecular formula is C19H14BrN3O. The molecule has 118 valence electrons. The predicted molar refractivity (Wildman–Crippen MR) is 97.4 cm³/mol. The maximum atomic E-state index is 6.07. The molecule has 0 aliphatic carbocycles. The third-order valence-corrected chi connectivity index (χ3v) is 4.22. The molecule has 0 radical (unpaired) electrons. The molecule has 0 bridgehead atoms. The number of aromatic nitrogens is 3. The van der Waals surface area contributed by atoms with E-state index in [1.165, 1.54) is 0 Å². The van der Waals surface area contributed by atoms with Crippen molar-refractivity contribution in [2.45, 2.75) is 6.61 Å². The van der Waals surface area contributed by atoms with Crippen molar-refractivity contribution in [3.05, 3.63) is 83.0 Å². The van der Waals surface area contributed by atoms with E-state index in [4.69, 9.17) is 4.84 Å². The smallest absolute Gasteiger partial charge is 0.181 e. The van der Waals surface area contributed by atoms with Gasteiger partial charge in [-0.1, -0.05) is 58.4 Å². The zero-order valence-electron chi connectivity index (χ0n) is 12.8. The maximum Gasteiger partial charge on any atom is 0.181 e. The number of hydrogen-bond acceptors (Lipinski definition) is 3. The van der Waals surface area contributed by atoms with Crippen LogP contribution in [0.1, 0.15) is 5.56 Å². The average molecular weight is 380 g/mol. The topological polar surface area (TPSA) is 39.9 Å². The van der Waals surface area contributed by atoms with Gasteiger partial charge in [0.1, 0.15) is 12.1 Å². The van der Waals surface area contributed by atoms with Crippen LogP contribution in [0.4, 0.5) is 0 Å². The minimum atomic E-state index is 0.452. The Kier molecular flexibility index (Phi) is 4.01. The Balaban J connectivity index is 1.74. The van der Waals surface area contributed by atoms with Gasteiger partial charge >= 0.3 is 0 Å². The molecule has 0 aliphatic rings. The summed E-state index contributed by atoms with van der Waals surface area (Å²) in [5.41, 5.74) is 3.61. The number of hydrogen-bond donors (Lipinski definition) is 0. The average Bonchev–Trinajstić information content (AvgIpc) is 3.01. The number of nitrogens with zero attached hydrogens (tertiary/aromatic N) is 3. The zero-order valence-corrected chi connectivity index (χ0v) is 14.3. The van der Waals surface area contributed by atoms with E-state index < -0.39 is 0 Å². The fourth-order valence-electron chi connectivity index (χ4n) is 2.51. The van der Waals surface area contributed by atoms with Crippen LogP contribution in [0.3, 0.4) is 0 Å². The van der Waals surface area contributed by atoms with Crippen molar-refractivity contribution >= 4 is 27.1 Å². The van der Waals surface area contributed by atoms with Crippen molar-refractivity contribution < 1.29 is 4.84 Å². The molecule has 0 atom stereocenters. The Morgan fingerprint density at radius 2 is 1.71 bits per heavy atom. The maximum absolute atomic E-state index is 6.07. The molecular weight excluding hydrogens is 366 g/mol. The molecule has 4 nitrogen and oxygen atoms in total. The number of fused-ring (bicyclic) bond motifs is 1. The lowest BCUT2D eigenvalue weighted by Crippen LogP contribution is -2.12. The highest BCUT2D eigenvalue weighted by Gasteiger charge is 2.14. The summed E-state index contributed by atoms with van der Waals surface area (Å²) in [6.45, 7) is 0.452. The Morgan fingerprint density at radius 3 is 2.50 bits per heavy atom. The Morgan fingerprint density at radius 1 is 0.917 bits per heavy atom. The predicted octanol–water partition coefficient (Wildman–Crippen LogP) is 4.49. The highest BCUT2D eigenvalue weighted by Crippen LogP contribution is 2.23. The van der Waals surface area contributed by atoms with E-state index in [1.54, 1.807) is 10.9 Å². The largest absolute Gasteiger partial charge is 0.407 e.